The van der Waals surface area contributed by atoms with E-state index in [1.54, 1.807) is 0 Å². The lowest BCUT2D eigenvalue weighted by molar-refractivity contribution is -0.121. The van der Waals surface area contributed by atoms with E-state index in [2.05, 4.69) is 40.3 Å². The zero-order valence-corrected chi connectivity index (χ0v) is 19.7. The van der Waals surface area contributed by atoms with Gasteiger partial charge in [0.2, 0.25) is 5.91 Å². The Balaban J connectivity index is 1.61. The van der Waals surface area contributed by atoms with Gasteiger partial charge in [-0.1, -0.05) is 50.5 Å². The van der Waals surface area contributed by atoms with Crippen LogP contribution in [-0.2, 0) is 16.1 Å². The van der Waals surface area contributed by atoms with Gasteiger partial charge in [0.25, 0.3) is 0 Å². The molecular formula is C23H35N5O2S. The normalized spacial score (nSPS) is 15.9. The van der Waals surface area contributed by atoms with E-state index in [0.717, 1.165) is 56.1 Å². The van der Waals surface area contributed by atoms with Gasteiger partial charge in [-0.15, -0.1) is 0 Å². The van der Waals surface area contributed by atoms with E-state index in [9.17, 15) is 4.79 Å². The number of amides is 1. The van der Waals surface area contributed by atoms with Gasteiger partial charge in [-0.3, -0.25) is 19.4 Å². The zero-order chi connectivity index (χ0) is 22.2. The molecule has 170 valence electrons. The summed E-state index contributed by atoms with van der Waals surface area (Å²) < 4.78 is 7.96. The number of morpholine rings is 1. The highest BCUT2D eigenvalue weighted by molar-refractivity contribution is 7.71. The topological polar surface area (TPSA) is 75.2 Å². The molecule has 0 spiro atoms. The van der Waals surface area contributed by atoms with E-state index in [4.69, 9.17) is 17.0 Å². The van der Waals surface area contributed by atoms with E-state index in [1.165, 1.54) is 0 Å². The molecule has 0 saturated carbocycles. The predicted octanol–water partition coefficient (Wildman–Crippen LogP) is 3.56. The highest BCUT2D eigenvalue weighted by Crippen LogP contribution is 2.20. The first-order valence-electron chi connectivity index (χ1n) is 11.3. The van der Waals surface area contributed by atoms with Gasteiger partial charge in [0, 0.05) is 44.2 Å². The third-order valence-electron chi connectivity index (χ3n) is 6.21. The smallest absolute Gasteiger partial charge is 0.221 e. The number of nitrogens with zero attached hydrogens (tertiary/aromatic N) is 3. The lowest BCUT2D eigenvalue weighted by atomic mass is 9.92. The highest BCUT2D eigenvalue weighted by atomic mass is 32.1. The molecule has 2 aromatic rings. The molecule has 0 bridgehead atoms. The summed E-state index contributed by atoms with van der Waals surface area (Å²) in [6, 6.07) is 8.49. The summed E-state index contributed by atoms with van der Waals surface area (Å²) in [6.45, 7) is 11.1. The van der Waals surface area contributed by atoms with Crippen molar-refractivity contribution in [2.75, 3.05) is 32.8 Å². The Bertz CT molecular complexity index is 899. The van der Waals surface area contributed by atoms with Crippen LogP contribution in [0.25, 0.3) is 11.4 Å². The van der Waals surface area contributed by atoms with Crippen LogP contribution in [0.2, 0.25) is 0 Å². The Morgan fingerprint density at radius 3 is 2.71 bits per heavy atom. The highest BCUT2D eigenvalue weighted by Gasteiger charge is 2.27. The van der Waals surface area contributed by atoms with Crippen molar-refractivity contribution in [3.63, 3.8) is 0 Å². The summed E-state index contributed by atoms with van der Waals surface area (Å²) in [6.07, 6.45) is 2.59. The third kappa shape index (κ3) is 6.24. The number of ether oxygens (including phenoxy) is 1. The SMILES string of the molecule is CCC(CC)[C@H](CNC(=O)CCn1c(-c2cccc(C)c2)n[nH]c1=S)N1CCOCC1. The summed E-state index contributed by atoms with van der Waals surface area (Å²) in [5.74, 6) is 1.38. The molecule has 1 aromatic carbocycles. The fraction of sp³-hybridized carbons (Fsp3) is 0.609. The van der Waals surface area contributed by atoms with Gasteiger partial charge in [0.15, 0.2) is 10.6 Å². The number of aromatic amines is 1. The van der Waals surface area contributed by atoms with Gasteiger partial charge in [-0.25, -0.2) is 0 Å². The summed E-state index contributed by atoms with van der Waals surface area (Å²) in [4.78, 5) is 15.2. The molecule has 2 N–H and O–H groups in total. The van der Waals surface area contributed by atoms with Crippen molar-refractivity contribution in [1.29, 1.82) is 0 Å². The van der Waals surface area contributed by atoms with Crippen molar-refractivity contribution < 1.29 is 9.53 Å². The first-order chi connectivity index (χ1) is 15.0. The van der Waals surface area contributed by atoms with E-state index in [1.807, 2.05) is 29.7 Å². The number of carbonyl (C=O) groups excluding carboxylic acids is 1. The van der Waals surface area contributed by atoms with Crippen molar-refractivity contribution >= 4 is 18.1 Å². The maximum absolute atomic E-state index is 12.7. The fourth-order valence-corrected chi connectivity index (χ4v) is 4.61. The maximum Gasteiger partial charge on any atom is 0.221 e. The molecule has 0 radical (unpaired) electrons. The van der Waals surface area contributed by atoms with Crippen LogP contribution < -0.4 is 5.32 Å². The van der Waals surface area contributed by atoms with Gasteiger partial charge in [0.1, 0.15) is 0 Å². The molecule has 31 heavy (non-hydrogen) atoms. The molecule has 7 nitrogen and oxygen atoms in total. The molecule has 8 heteroatoms. The number of hydrogen-bond donors (Lipinski definition) is 2. The van der Waals surface area contributed by atoms with Crippen LogP contribution in [-0.4, -0.2) is 64.5 Å². The monoisotopic (exact) mass is 445 g/mol. The van der Waals surface area contributed by atoms with E-state index < -0.39 is 0 Å². The van der Waals surface area contributed by atoms with Gasteiger partial charge >= 0.3 is 0 Å². The number of nitrogens with one attached hydrogen (secondary N) is 2. The molecule has 3 rings (SSSR count). The maximum atomic E-state index is 12.7. The van der Waals surface area contributed by atoms with Crippen LogP contribution in [0.3, 0.4) is 0 Å². The Kier molecular flexibility index (Phi) is 8.80. The van der Waals surface area contributed by atoms with Crippen molar-refractivity contribution in [2.24, 2.45) is 5.92 Å². The van der Waals surface area contributed by atoms with Crippen LogP contribution in [0.15, 0.2) is 24.3 Å². The minimum absolute atomic E-state index is 0.0440. The minimum atomic E-state index is 0.0440. The molecule has 1 amide bonds. The van der Waals surface area contributed by atoms with E-state index in [0.29, 0.717) is 36.2 Å². The standard InChI is InChI=1S/C23H35N5O2S/c1-4-18(5-2)20(27-11-13-30-14-12-27)16-24-21(29)9-10-28-22(25-26-23(28)31)19-8-6-7-17(3)15-19/h6-8,15,18,20H,4-5,9-14,16H2,1-3H3,(H,24,29)(H,26,31)/t20-/m0/s1. The average Bonchev–Trinajstić information content (AvgIpc) is 3.16. The first kappa shape index (κ1) is 23.6. The van der Waals surface area contributed by atoms with E-state index >= 15 is 0 Å². The number of benzene rings is 1. The largest absolute Gasteiger partial charge is 0.379 e. The Labute approximate surface area is 190 Å². The van der Waals surface area contributed by atoms with E-state index in [-0.39, 0.29) is 5.91 Å². The number of aromatic nitrogens is 3. The van der Waals surface area contributed by atoms with Crippen LogP contribution in [0.4, 0.5) is 0 Å². The van der Waals surface area contributed by atoms with Gasteiger partial charge in [0.05, 0.1) is 13.2 Å². The first-order valence-corrected chi connectivity index (χ1v) is 11.7. The van der Waals surface area contributed by atoms with Crippen molar-refractivity contribution in [2.45, 2.75) is 52.6 Å². The summed E-state index contributed by atoms with van der Waals surface area (Å²) >= 11 is 5.41. The number of carbonyl (C=O) groups is 1. The molecule has 0 aliphatic carbocycles. The van der Waals surface area contributed by atoms with Crippen LogP contribution in [0.1, 0.15) is 38.7 Å². The second kappa shape index (κ2) is 11.5. The minimum Gasteiger partial charge on any atom is -0.379 e. The molecule has 1 aliphatic heterocycles. The quantitative estimate of drug-likeness (QED) is 0.547. The van der Waals surface area contributed by atoms with Crippen molar-refractivity contribution in [1.82, 2.24) is 25.0 Å². The predicted molar refractivity (Wildman–Crippen MR) is 125 cm³/mol. The molecule has 1 atom stereocenters. The number of hydrogen-bond acceptors (Lipinski definition) is 5. The van der Waals surface area contributed by atoms with Crippen molar-refractivity contribution in [3.8, 4) is 11.4 Å². The summed E-state index contributed by atoms with van der Waals surface area (Å²) in [5.41, 5.74) is 2.15. The Morgan fingerprint density at radius 2 is 2.03 bits per heavy atom. The molecule has 1 saturated heterocycles. The Morgan fingerprint density at radius 1 is 1.29 bits per heavy atom. The molecule has 1 aromatic heterocycles. The lowest BCUT2D eigenvalue weighted by Crippen LogP contribution is -2.52. The molecule has 2 heterocycles. The van der Waals surface area contributed by atoms with Crippen molar-refractivity contribution in [3.05, 3.63) is 34.6 Å². The number of H-pyrrole nitrogens is 1. The molecule has 0 unspecified atom stereocenters. The summed E-state index contributed by atoms with van der Waals surface area (Å²) in [7, 11) is 0. The molecular weight excluding hydrogens is 410 g/mol. The number of rotatable bonds is 10. The summed E-state index contributed by atoms with van der Waals surface area (Å²) in [5, 5.41) is 10.4. The molecule has 1 fully saturated rings. The second-order valence-electron chi connectivity index (χ2n) is 8.22. The molecule has 1 aliphatic rings. The third-order valence-corrected chi connectivity index (χ3v) is 6.52. The fourth-order valence-electron chi connectivity index (χ4n) is 4.39. The Hall–Kier alpha value is -2.03. The van der Waals surface area contributed by atoms with Crippen LogP contribution in [0, 0.1) is 17.6 Å². The van der Waals surface area contributed by atoms with Gasteiger partial charge < -0.3 is 10.1 Å². The van der Waals surface area contributed by atoms with Gasteiger partial charge in [-0.05, 0) is 31.1 Å². The second-order valence-corrected chi connectivity index (χ2v) is 8.61. The van der Waals surface area contributed by atoms with Crippen LogP contribution in [0.5, 0.6) is 0 Å². The number of aryl methyl sites for hydroxylation is 1. The zero-order valence-electron chi connectivity index (χ0n) is 18.9. The van der Waals surface area contributed by atoms with Gasteiger partial charge in [-0.2, -0.15) is 5.10 Å². The lowest BCUT2D eigenvalue weighted by Gasteiger charge is -2.38. The van der Waals surface area contributed by atoms with Crippen LogP contribution >= 0.6 is 12.2 Å². The average molecular weight is 446 g/mol.